The fraction of sp³-hybridized carbons (Fsp3) is 0.100. The van der Waals surface area contributed by atoms with Gasteiger partial charge in [-0.1, -0.05) is 12.1 Å². The first-order chi connectivity index (χ1) is 13.9. The number of anilines is 3. The normalized spacial score (nSPS) is 10.3. The van der Waals surface area contributed by atoms with Crippen LogP contribution in [-0.4, -0.2) is 29.0 Å². The highest BCUT2D eigenvalue weighted by molar-refractivity contribution is 6.03. The number of halogens is 2. The molecular weight excluding hydrogens is 382 g/mol. The van der Waals surface area contributed by atoms with Crippen LogP contribution in [0.1, 0.15) is 26.7 Å². The molecule has 29 heavy (non-hydrogen) atoms. The summed E-state index contributed by atoms with van der Waals surface area (Å²) in [5.41, 5.74) is 0.483. The van der Waals surface area contributed by atoms with E-state index in [-0.39, 0.29) is 28.6 Å². The summed E-state index contributed by atoms with van der Waals surface area (Å²) in [5.74, 6) is -2.38. The first-order valence-electron chi connectivity index (χ1n) is 8.44. The lowest BCUT2D eigenvalue weighted by atomic mass is 10.2. The van der Waals surface area contributed by atoms with Crippen LogP contribution in [0.4, 0.5) is 26.0 Å². The van der Waals surface area contributed by atoms with Crippen molar-refractivity contribution in [3.8, 4) is 0 Å². The molecule has 0 bridgehead atoms. The minimum atomic E-state index is -0.908. The van der Waals surface area contributed by atoms with E-state index in [0.29, 0.717) is 11.8 Å². The topological polar surface area (TPSA) is 93.2 Å². The Labute approximate surface area is 164 Å². The lowest BCUT2D eigenvalue weighted by Gasteiger charge is -2.12. The van der Waals surface area contributed by atoms with Crippen molar-refractivity contribution < 1.29 is 23.1 Å². The molecule has 0 fully saturated rings. The second kappa shape index (κ2) is 8.42. The van der Waals surface area contributed by atoms with E-state index >= 15 is 0 Å². The van der Waals surface area contributed by atoms with Crippen molar-refractivity contribution in [1.29, 1.82) is 0 Å². The third-order valence-electron chi connectivity index (χ3n) is 3.85. The molecule has 1 aromatic heterocycles. The quantitative estimate of drug-likeness (QED) is 0.635. The van der Waals surface area contributed by atoms with Gasteiger partial charge < -0.3 is 15.4 Å². The Balaban J connectivity index is 1.87. The standard InChI is InChI=1S/C20H16F2N4O3/c1-11-23-17(19(27)26-16-8-7-12(21)9-14(16)22)10-18(24-11)25-15-6-4-3-5-13(15)20(28)29-2/h3-10H,1-2H3,(H,26,27)(H,23,24,25). The summed E-state index contributed by atoms with van der Waals surface area (Å²) in [6, 6.07) is 10.8. The van der Waals surface area contributed by atoms with Crippen LogP contribution in [0.15, 0.2) is 48.5 Å². The van der Waals surface area contributed by atoms with Crippen LogP contribution in [0.5, 0.6) is 0 Å². The predicted molar refractivity (Wildman–Crippen MR) is 102 cm³/mol. The molecular formula is C20H16F2N4O3. The number of amides is 1. The number of nitrogens with one attached hydrogen (secondary N) is 2. The van der Waals surface area contributed by atoms with Crippen LogP contribution in [-0.2, 0) is 4.74 Å². The van der Waals surface area contributed by atoms with E-state index < -0.39 is 23.5 Å². The molecule has 7 nitrogen and oxygen atoms in total. The molecule has 9 heteroatoms. The highest BCUT2D eigenvalue weighted by atomic mass is 19.1. The molecule has 3 aromatic rings. The zero-order valence-corrected chi connectivity index (χ0v) is 15.5. The number of ether oxygens (including phenoxy) is 1. The Morgan fingerprint density at radius 3 is 2.48 bits per heavy atom. The second-order valence-corrected chi connectivity index (χ2v) is 5.93. The molecule has 0 unspecified atom stereocenters. The number of nitrogens with zero attached hydrogens (tertiary/aromatic N) is 2. The first kappa shape index (κ1) is 19.9. The zero-order valence-electron chi connectivity index (χ0n) is 15.5. The maximum Gasteiger partial charge on any atom is 0.339 e. The lowest BCUT2D eigenvalue weighted by molar-refractivity contribution is 0.0601. The summed E-state index contributed by atoms with van der Waals surface area (Å²) in [6.07, 6.45) is 0. The van der Waals surface area contributed by atoms with Crippen LogP contribution >= 0.6 is 0 Å². The van der Waals surface area contributed by atoms with E-state index in [2.05, 4.69) is 20.6 Å². The molecule has 0 radical (unpaired) electrons. The molecule has 0 atom stereocenters. The zero-order chi connectivity index (χ0) is 21.0. The fourth-order valence-corrected chi connectivity index (χ4v) is 2.54. The molecule has 0 spiro atoms. The highest BCUT2D eigenvalue weighted by Crippen LogP contribution is 2.22. The van der Waals surface area contributed by atoms with E-state index in [1.165, 1.54) is 13.2 Å². The van der Waals surface area contributed by atoms with Crippen LogP contribution < -0.4 is 10.6 Å². The minimum Gasteiger partial charge on any atom is -0.465 e. The van der Waals surface area contributed by atoms with E-state index in [4.69, 9.17) is 4.74 Å². The third kappa shape index (κ3) is 4.70. The number of hydrogen-bond acceptors (Lipinski definition) is 6. The van der Waals surface area contributed by atoms with Crippen LogP contribution in [0.25, 0.3) is 0 Å². The van der Waals surface area contributed by atoms with E-state index in [1.54, 1.807) is 31.2 Å². The average molecular weight is 398 g/mol. The molecule has 2 aromatic carbocycles. The Morgan fingerprint density at radius 1 is 1.00 bits per heavy atom. The molecule has 0 aliphatic rings. The van der Waals surface area contributed by atoms with E-state index in [9.17, 15) is 18.4 Å². The molecule has 1 amide bonds. The van der Waals surface area contributed by atoms with Crippen LogP contribution in [0.2, 0.25) is 0 Å². The van der Waals surface area contributed by atoms with Crippen LogP contribution in [0, 0.1) is 18.6 Å². The van der Waals surface area contributed by atoms with Gasteiger partial charge in [0.2, 0.25) is 0 Å². The first-order valence-corrected chi connectivity index (χ1v) is 8.44. The Bertz CT molecular complexity index is 1090. The van der Waals surface area contributed by atoms with Gasteiger partial charge in [-0.25, -0.2) is 23.5 Å². The van der Waals surface area contributed by atoms with E-state index in [0.717, 1.165) is 12.1 Å². The number of benzene rings is 2. The van der Waals surface area contributed by atoms with Gasteiger partial charge in [0.25, 0.3) is 5.91 Å². The van der Waals surface area contributed by atoms with Gasteiger partial charge >= 0.3 is 5.97 Å². The summed E-state index contributed by atoms with van der Waals surface area (Å²) in [6.45, 7) is 1.58. The van der Waals surface area contributed by atoms with Crippen molar-refractivity contribution in [1.82, 2.24) is 9.97 Å². The number of carbonyl (C=O) groups is 2. The maximum absolute atomic E-state index is 13.8. The molecule has 0 aliphatic heterocycles. The van der Waals surface area contributed by atoms with Gasteiger partial charge in [0.1, 0.15) is 29.0 Å². The molecule has 0 saturated carbocycles. The summed E-state index contributed by atoms with van der Waals surface area (Å²) in [7, 11) is 1.27. The summed E-state index contributed by atoms with van der Waals surface area (Å²) in [4.78, 5) is 32.6. The second-order valence-electron chi connectivity index (χ2n) is 5.93. The van der Waals surface area contributed by atoms with Gasteiger partial charge in [0.15, 0.2) is 0 Å². The highest BCUT2D eigenvalue weighted by Gasteiger charge is 2.16. The molecule has 148 valence electrons. The molecule has 3 rings (SSSR count). The molecule has 2 N–H and O–H groups in total. The third-order valence-corrected chi connectivity index (χ3v) is 3.85. The van der Waals surface area contributed by atoms with Gasteiger partial charge in [-0.2, -0.15) is 0 Å². The van der Waals surface area contributed by atoms with Gasteiger partial charge in [-0.05, 0) is 31.2 Å². The number of hydrogen-bond donors (Lipinski definition) is 2. The van der Waals surface area contributed by atoms with Gasteiger partial charge in [0, 0.05) is 12.1 Å². The number of esters is 1. The number of carbonyl (C=O) groups excluding carboxylic acids is 2. The average Bonchev–Trinajstić information content (AvgIpc) is 2.69. The minimum absolute atomic E-state index is 0.0423. The summed E-state index contributed by atoms with van der Waals surface area (Å²) in [5, 5.41) is 5.29. The van der Waals surface area contributed by atoms with Crippen molar-refractivity contribution >= 4 is 29.1 Å². The molecule has 0 aliphatic carbocycles. The maximum atomic E-state index is 13.8. The Kier molecular flexibility index (Phi) is 5.77. The molecule has 1 heterocycles. The van der Waals surface area contributed by atoms with Crippen molar-refractivity contribution in [2.24, 2.45) is 0 Å². The fourth-order valence-electron chi connectivity index (χ4n) is 2.54. The number of rotatable bonds is 5. The van der Waals surface area contributed by atoms with Crippen molar-refractivity contribution in [2.45, 2.75) is 6.92 Å². The van der Waals surface area contributed by atoms with Gasteiger partial charge in [-0.3, -0.25) is 4.79 Å². The number of aryl methyl sites for hydroxylation is 1. The number of aromatic nitrogens is 2. The molecule has 0 saturated heterocycles. The number of methoxy groups -OCH3 is 1. The summed E-state index contributed by atoms with van der Waals surface area (Å²) >= 11 is 0. The van der Waals surface area contributed by atoms with Crippen molar-refractivity contribution in [3.05, 3.63) is 77.2 Å². The lowest BCUT2D eigenvalue weighted by Crippen LogP contribution is -2.16. The monoisotopic (exact) mass is 398 g/mol. The smallest absolute Gasteiger partial charge is 0.339 e. The number of para-hydroxylation sites is 1. The summed E-state index contributed by atoms with van der Waals surface area (Å²) < 4.78 is 31.6. The van der Waals surface area contributed by atoms with Crippen molar-refractivity contribution in [3.63, 3.8) is 0 Å². The van der Waals surface area contributed by atoms with Crippen LogP contribution in [0.3, 0.4) is 0 Å². The largest absolute Gasteiger partial charge is 0.465 e. The predicted octanol–water partition coefficient (Wildman–Crippen LogP) is 3.85. The van der Waals surface area contributed by atoms with Gasteiger partial charge in [0.05, 0.1) is 24.0 Å². The van der Waals surface area contributed by atoms with E-state index in [1.807, 2.05) is 0 Å². The SMILES string of the molecule is COC(=O)c1ccccc1Nc1cc(C(=O)Nc2ccc(F)cc2F)nc(C)n1. The Morgan fingerprint density at radius 2 is 1.76 bits per heavy atom. The Hall–Kier alpha value is -3.88. The van der Waals surface area contributed by atoms with Crippen molar-refractivity contribution in [2.75, 3.05) is 17.7 Å². The van der Waals surface area contributed by atoms with Gasteiger partial charge in [-0.15, -0.1) is 0 Å².